The Hall–Kier alpha value is -2.88. The molecule has 174 valence electrons. The molecule has 1 fully saturated rings. The molecule has 3 heterocycles. The van der Waals surface area contributed by atoms with Gasteiger partial charge in [-0.1, -0.05) is 18.2 Å². The molecule has 9 heteroatoms. The van der Waals surface area contributed by atoms with E-state index in [9.17, 15) is 13.2 Å². The van der Waals surface area contributed by atoms with Gasteiger partial charge < -0.3 is 18.8 Å². The third-order valence-electron chi connectivity index (χ3n) is 6.13. The van der Waals surface area contributed by atoms with E-state index in [1.807, 2.05) is 30.3 Å². The molecular weight excluding hydrogens is 444 g/mol. The van der Waals surface area contributed by atoms with Gasteiger partial charge in [0.2, 0.25) is 10.0 Å². The van der Waals surface area contributed by atoms with E-state index in [1.54, 1.807) is 19.1 Å². The molecule has 0 N–H and O–H groups in total. The summed E-state index contributed by atoms with van der Waals surface area (Å²) >= 11 is 0. The average Bonchev–Trinajstić information content (AvgIpc) is 3.40. The van der Waals surface area contributed by atoms with Gasteiger partial charge in [0.1, 0.15) is 16.9 Å². The molecule has 33 heavy (non-hydrogen) atoms. The molecule has 0 saturated carbocycles. The first-order valence-corrected chi connectivity index (χ1v) is 12.6. The summed E-state index contributed by atoms with van der Waals surface area (Å²) < 4.78 is 44.1. The molecule has 1 aromatic heterocycles. The Morgan fingerprint density at radius 3 is 2.67 bits per heavy atom. The minimum absolute atomic E-state index is 0.282. The van der Waals surface area contributed by atoms with Gasteiger partial charge in [0.25, 0.3) is 0 Å². The molecule has 3 aromatic rings. The Morgan fingerprint density at radius 2 is 1.88 bits per heavy atom. The standard InChI is InChI=1S/C24H26N2O6S/c1-2-31-24(27)23-19-5-3-4-6-21(19)32-22(23)16-25-10-9-17-15-18(7-8-20(17)25)33(28,29)26-11-13-30-14-12-26/h3-8,15H,2,9-14,16H2,1H3. The number of para-hydroxylation sites is 1. The zero-order valence-corrected chi connectivity index (χ0v) is 19.3. The van der Waals surface area contributed by atoms with Gasteiger partial charge in [-0.05, 0) is 43.2 Å². The fraction of sp³-hybridized carbons (Fsp3) is 0.375. The molecule has 2 aliphatic heterocycles. The number of hydrogen-bond donors (Lipinski definition) is 0. The van der Waals surface area contributed by atoms with Crippen LogP contribution >= 0.6 is 0 Å². The van der Waals surface area contributed by atoms with Crippen molar-refractivity contribution in [2.24, 2.45) is 0 Å². The van der Waals surface area contributed by atoms with Crippen LogP contribution in [0.5, 0.6) is 0 Å². The van der Waals surface area contributed by atoms with Crippen LogP contribution in [0.2, 0.25) is 0 Å². The number of benzene rings is 2. The van der Waals surface area contributed by atoms with E-state index >= 15 is 0 Å². The zero-order valence-electron chi connectivity index (χ0n) is 18.5. The monoisotopic (exact) mass is 470 g/mol. The number of ether oxygens (including phenoxy) is 2. The number of rotatable bonds is 6. The summed E-state index contributed by atoms with van der Waals surface area (Å²) in [4.78, 5) is 15.1. The summed E-state index contributed by atoms with van der Waals surface area (Å²) in [6, 6.07) is 12.7. The number of carbonyl (C=O) groups excluding carboxylic acids is 1. The number of fused-ring (bicyclic) bond motifs is 2. The van der Waals surface area contributed by atoms with Crippen LogP contribution in [-0.4, -0.2) is 58.1 Å². The average molecular weight is 471 g/mol. The zero-order chi connectivity index (χ0) is 23.0. The van der Waals surface area contributed by atoms with E-state index in [-0.39, 0.29) is 6.61 Å². The first kappa shape index (κ1) is 21.9. The Bertz CT molecular complexity index is 1290. The largest absolute Gasteiger partial charge is 0.462 e. The van der Waals surface area contributed by atoms with Gasteiger partial charge in [0.05, 0.1) is 31.3 Å². The third kappa shape index (κ3) is 4.01. The van der Waals surface area contributed by atoms with Crippen molar-refractivity contribution in [3.05, 3.63) is 59.4 Å². The van der Waals surface area contributed by atoms with Crippen molar-refractivity contribution >= 4 is 32.6 Å². The summed E-state index contributed by atoms with van der Waals surface area (Å²) in [5, 5.41) is 0.734. The predicted molar refractivity (Wildman–Crippen MR) is 123 cm³/mol. The van der Waals surface area contributed by atoms with E-state index in [2.05, 4.69) is 4.90 Å². The highest BCUT2D eigenvalue weighted by Crippen LogP contribution is 2.35. The minimum Gasteiger partial charge on any atom is -0.462 e. The Kier molecular flexibility index (Phi) is 5.86. The topological polar surface area (TPSA) is 89.3 Å². The fourth-order valence-corrected chi connectivity index (χ4v) is 5.97. The van der Waals surface area contributed by atoms with Crippen molar-refractivity contribution in [1.29, 1.82) is 0 Å². The highest BCUT2D eigenvalue weighted by atomic mass is 32.2. The lowest BCUT2D eigenvalue weighted by molar-refractivity contribution is 0.0526. The second-order valence-electron chi connectivity index (χ2n) is 8.10. The van der Waals surface area contributed by atoms with Gasteiger partial charge in [0, 0.05) is 30.7 Å². The summed E-state index contributed by atoms with van der Waals surface area (Å²) in [5.74, 6) is 0.149. The molecule has 1 saturated heterocycles. The fourth-order valence-electron chi connectivity index (χ4n) is 4.52. The van der Waals surface area contributed by atoms with Gasteiger partial charge in [-0.25, -0.2) is 13.2 Å². The van der Waals surface area contributed by atoms with Crippen molar-refractivity contribution in [3.8, 4) is 0 Å². The second kappa shape index (κ2) is 8.81. The number of furan rings is 1. The number of morpholine rings is 1. The molecular formula is C24H26N2O6S. The highest BCUT2D eigenvalue weighted by molar-refractivity contribution is 7.89. The van der Waals surface area contributed by atoms with E-state index in [0.29, 0.717) is 61.2 Å². The Balaban J connectivity index is 1.44. The van der Waals surface area contributed by atoms with Crippen molar-refractivity contribution in [2.45, 2.75) is 24.8 Å². The van der Waals surface area contributed by atoms with Crippen molar-refractivity contribution in [3.63, 3.8) is 0 Å². The van der Waals surface area contributed by atoms with Crippen molar-refractivity contribution < 1.29 is 27.1 Å². The molecule has 2 aliphatic rings. The molecule has 0 aliphatic carbocycles. The highest BCUT2D eigenvalue weighted by Gasteiger charge is 2.30. The minimum atomic E-state index is -3.55. The van der Waals surface area contributed by atoms with Gasteiger partial charge >= 0.3 is 5.97 Å². The Labute approximate surface area is 192 Å². The van der Waals surface area contributed by atoms with Crippen LogP contribution in [0, 0.1) is 0 Å². The van der Waals surface area contributed by atoms with Gasteiger partial charge in [-0.2, -0.15) is 4.31 Å². The van der Waals surface area contributed by atoms with Crippen LogP contribution < -0.4 is 4.90 Å². The van der Waals surface area contributed by atoms with Crippen LogP contribution in [0.1, 0.15) is 28.6 Å². The van der Waals surface area contributed by atoms with Crippen LogP contribution in [-0.2, 0) is 32.5 Å². The maximum Gasteiger partial charge on any atom is 0.342 e. The van der Waals surface area contributed by atoms with Crippen molar-refractivity contribution in [2.75, 3.05) is 44.4 Å². The summed E-state index contributed by atoms with van der Waals surface area (Å²) in [7, 11) is -3.55. The maximum absolute atomic E-state index is 13.0. The molecule has 0 radical (unpaired) electrons. The molecule has 0 bridgehead atoms. The van der Waals surface area contributed by atoms with Crippen LogP contribution in [0.3, 0.4) is 0 Å². The SMILES string of the molecule is CCOC(=O)c1c(CN2CCc3cc(S(=O)(=O)N4CCOCC4)ccc32)oc2ccccc12. The number of carbonyl (C=O) groups is 1. The predicted octanol–water partition coefficient (Wildman–Crippen LogP) is 3.19. The van der Waals surface area contributed by atoms with Crippen LogP contribution in [0.25, 0.3) is 11.0 Å². The summed E-state index contributed by atoms with van der Waals surface area (Å²) in [6.07, 6.45) is 0.719. The normalized spacial score (nSPS) is 16.8. The second-order valence-corrected chi connectivity index (χ2v) is 10.0. The summed E-state index contributed by atoms with van der Waals surface area (Å²) in [5.41, 5.74) is 3.01. The van der Waals surface area contributed by atoms with E-state index < -0.39 is 16.0 Å². The third-order valence-corrected chi connectivity index (χ3v) is 8.03. The number of esters is 1. The quantitative estimate of drug-likeness (QED) is 0.511. The van der Waals surface area contributed by atoms with Crippen LogP contribution in [0.4, 0.5) is 5.69 Å². The summed E-state index contributed by atoms with van der Waals surface area (Å²) in [6.45, 7) is 4.73. The van der Waals surface area contributed by atoms with E-state index in [4.69, 9.17) is 13.9 Å². The lowest BCUT2D eigenvalue weighted by Crippen LogP contribution is -2.40. The molecule has 0 unspecified atom stereocenters. The van der Waals surface area contributed by atoms with Gasteiger partial charge in [0.15, 0.2) is 0 Å². The number of hydrogen-bond acceptors (Lipinski definition) is 7. The molecule has 0 amide bonds. The van der Waals surface area contributed by atoms with E-state index in [0.717, 1.165) is 23.1 Å². The van der Waals surface area contributed by atoms with E-state index in [1.165, 1.54) is 4.31 Å². The molecule has 8 nitrogen and oxygen atoms in total. The van der Waals surface area contributed by atoms with Gasteiger partial charge in [-0.3, -0.25) is 0 Å². The van der Waals surface area contributed by atoms with Crippen molar-refractivity contribution in [1.82, 2.24) is 4.31 Å². The molecule has 2 aromatic carbocycles. The first-order valence-electron chi connectivity index (χ1n) is 11.1. The van der Waals surface area contributed by atoms with Crippen LogP contribution in [0.15, 0.2) is 51.8 Å². The Morgan fingerprint density at radius 1 is 1.09 bits per heavy atom. The number of nitrogens with zero attached hydrogens (tertiary/aromatic N) is 2. The molecule has 0 atom stereocenters. The molecule has 5 rings (SSSR count). The smallest absolute Gasteiger partial charge is 0.342 e. The first-order chi connectivity index (χ1) is 16.0. The number of sulfonamides is 1. The van der Waals surface area contributed by atoms with Gasteiger partial charge in [-0.15, -0.1) is 0 Å². The molecule has 0 spiro atoms. The maximum atomic E-state index is 13.0. The number of anilines is 1. The lowest BCUT2D eigenvalue weighted by Gasteiger charge is -2.26. The lowest BCUT2D eigenvalue weighted by atomic mass is 10.1.